The number of halogens is 2. The Balaban J connectivity index is 1.90. The van der Waals surface area contributed by atoms with E-state index < -0.39 is 22.5 Å². The molecule has 0 unspecified atom stereocenters. The molecule has 3 aromatic carbocycles. The maximum Gasteiger partial charge on any atom is 0.243 e. The third kappa shape index (κ3) is 6.17. The Bertz CT molecular complexity index is 1240. The lowest BCUT2D eigenvalue weighted by atomic mass is 10.2. The topological polar surface area (TPSA) is 84.9 Å². The van der Waals surface area contributed by atoms with Crippen LogP contribution in [0.4, 0.5) is 5.69 Å². The summed E-state index contributed by atoms with van der Waals surface area (Å²) < 4.78 is 38.2. The van der Waals surface area contributed by atoms with Crippen LogP contribution in [0, 0.1) is 0 Å². The first-order valence-corrected chi connectivity index (χ1v) is 11.9. The van der Waals surface area contributed by atoms with Gasteiger partial charge in [0.2, 0.25) is 15.9 Å². The van der Waals surface area contributed by atoms with Crippen molar-refractivity contribution in [1.82, 2.24) is 4.31 Å². The first-order valence-electron chi connectivity index (χ1n) is 9.75. The summed E-state index contributed by atoms with van der Waals surface area (Å²) in [5.74, 6) is 0.375. The summed E-state index contributed by atoms with van der Waals surface area (Å²) in [4.78, 5) is 13.0. The van der Waals surface area contributed by atoms with E-state index in [9.17, 15) is 13.2 Å². The van der Waals surface area contributed by atoms with Crippen molar-refractivity contribution >= 4 is 44.8 Å². The lowest BCUT2D eigenvalue weighted by Gasteiger charge is -2.23. The number of hydrogen-bond acceptors (Lipinski definition) is 5. The Morgan fingerprint density at radius 1 is 0.970 bits per heavy atom. The second-order valence-corrected chi connectivity index (χ2v) is 9.72. The molecule has 0 aromatic heterocycles. The number of sulfonamides is 1. The molecule has 0 aliphatic heterocycles. The van der Waals surface area contributed by atoms with Crippen LogP contribution in [0.15, 0.2) is 71.6 Å². The van der Waals surface area contributed by atoms with Crippen molar-refractivity contribution in [3.8, 4) is 11.5 Å². The van der Waals surface area contributed by atoms with E-state index in [-0.39, 0.29) is 11.4 Å². The van der Waals surface area contributed by atoms with Crippen LogP contribution in [-0.2, 0) is 21.4 Å². The third-order valence-electron chi connectivity index (χ3n) is 4.75. The van der Waals surface area contributed by atoms with Crippen LogP contribution in [-0.4, -0.2) is 39.4 Å². The molecule has 0 spiro atoms. The van der Waals surface area contributed by atoms with Crippen LogP contribution in [0.2, 0.25) is 10.0 Å². The van der Waals surface area contributed by atoms with Gasteiger partial charge in [-0.25, -0.2) is 8.42 Å². The smallest absolute Gasteiger partial charge is 0.243 e. The standard InChI is InChI=1S/C23H22Cl2N2O5S/c1-31-18-10-11-21(22(13-18)32-2)26-23(28)15-27(14-16-8-9-17(24)12-20(16)25)33(29,30)19-6-4-3-5-7-19/h3-13H,14-15H2,1-2H3,(H,26,28). The number of ether oxygens (including phenoxy) is 2. The maximum absolute atomic E-state index is 13.3. The highest BCUT2D eigenvalue weighted by atomic mass is 35.5. The molecule has 1 amide bonds. The van der Waals surface area contributed by atoms with Gasteiger partial charge in [-0.15, -0.1) is 0 Å². The largest absolute Gasteiger partial charge is 0.497 e. The molecule has 33 heavy (non-hydrogen) atoms. The Kier molecular flexibility index (Phi) is 8.20. The van der Waals surface area contributed by atoms with Crippen molar-refractivity contribution in [2.45, 2.75) is 11.4 Å². The van der Waals surface area contributed by atoms with Gasteiger partial charge in [-0.3, -0.25) is 4.79 Å². The van der Waals surface area contributed by atoms with Crippen molar-refractivity contribution < 1.29 is 22.7 Å². The van der Waals surface area contributed by atoms with Crippen LogP contribution in [0.25, 0.3) is 0 Å². The summed E-state index contributed by atoms with van der Waals surface area (Å²) in [6.45, 7) is -0.578. The van der Waals surface area contributed by atoms with Gasteiger partial charge >= 0.3 is 0 Å². The van der Waals surface area contributed by atoms with E-state index in [1.165, 1.54) is 32.4 Å². The summed E-state index contributed by atoms with van der Waals surface area (Å²) in [5.41, 5.74) is 0.889. The van der Waals surface area contributed by atoms with Crippen LogP contribution in [0.5, 0.6) is 11.5 Å². The van der Waals surface area contributed by atoms with Gasteiger partial charge < -0.3 is 14.8 Å². The van der Waals surface area contributed by atoms with E-state index in [1.54, 1.807) is 48.5 Å². The van der Waals surface area contributed by atoms with Crippen molar-refractivity contribution in [2.24, 2.45) is 0 Å². The molecule has 174 valence electrons. The molecule has 3 aromatic rings. The first-order chi connectivity index (χ1) is 15.7. The number of carbonyl (C=O) groups is 1. The molecule has 0 saturated heterocycles. The number of hydrogen-bond donors (Lipinski definition) is 1. The summed E-state index contributed by atoms with van der Waals surface area (Å²) in [7, 11) is -1.04. The molecule has 10 heteroatoms. The predicted molar refractivity (Wildman–Crippen MR) is 129 cm³/mol. The highest BCUT2D eigenvalue weighted by Gasteiger charge is 2.28. The van der Waals surface area contributed by atoms with Crippen molar-refractivity contribution in [2.75, 3.05) is 26.1 Å². The number of nitrogens with one attached hydrogen (secondary N) is 1. The average Bonchev–Trinajstić information content (AvgIpc) is 2.81. The number of amides is 1. The lowest BCUT2D eigenvalue weighted by molar-refractivity contribution is -0.116. The fourth-order valence-electron chi connectivity index (χ4n) is 3.06. The minimum Gasteiger partial charge on any atom is -0.497 e. The molecule has 0 heterocycles. The molecular formula is C23H22Cl2N2O5S. The minimum atomic E-state index is -4.01. The maximum atomic E-state index is 13.3. The van der Waals surface area contributed by atoms with Gasteiger partial charge in [0.05, 0.1) is 31.3 Å². The zero-order chi connectivity index (χ0) is 24.0. The SMILES string of the molecule is COc1ccc(NC(=O)CN(Cc2ccc(Cl)cc2Cl)S(=O)(=O)c2ccccc2)c(OC)c1. The van der Waals surface area contributed by atoms with Gasteiger partial charge in [-0.05, 0) is 42.0 Å². The number of nitrogens with zero attached hydrogens (tertiary/aromatic N) is 1. The van der Waals surface area contributed by atoms with Crippen molar-refractivity contribution in [3.63, 3.8) is 0 Å². The second kappa shape index (κ2) is 10.9. The fraction of sp³-hybridized carbons (Fsp3) is 0.174. The highest BCUT2D eigenvalue weighted by molar-refractivity contribution is 7.89. The van der Waals surface area contributed by atoms with E-state index in [0.717, 1.165) is 4.31 Å². The Hall–Kier alpha value is -2.78. The number of benzene rings is 3. The van der Waals surface area contributed by atoms with Gasteiger partial charge in [-0.2, -0.15) is 4.31 Å². The van der Waals surface area contributed by atoms with Crippen molar-refractivity contribution in [3.05, 3.63) is 82.3 Å². The molecular weight excluding hydrogens is 487 g/mol. The molecule has 0 fully saturated rings. The minimum absolute atomic E-state index is 0.0601. The lowest BCUT2D eigenvalue weighted by Crippen LogP contribution is -2.37. The van der Waals surface area contributed by atoms with Gasteiger partial charge in [0.15, 0.2) is 0 Å². The van der Waals surface area contributed by atoms with E-state index >= 15 is 0 Å². The summed E-state index contributed by atoms with van der Waals surface area (Å²) in [6, 6.07) is 17.5. The zero-order valence-electron chi connectivity index (χ0n) is 17.9. The van der Waals surface area contributed by atoms with Gasteiger partial charge in [0, 0.05) is 22.7 Å². The predicted octanol–water partition coefficient (Wildman–Crippen LogP) is 4.84. The number of anilines is 1. The normalized spacial score (nSPS) is 11.3. The summed E-state index contributed by atoms with van der Waals surface area (Å²) >= 11 is 12.2. The van der Waals surface area contributed by atoms with E-state index in [2.05, 4.69) is 5.32 Å². The Morgan fingerprint density at radius 2 is 1.70 bits per heavy atom. The average molecular weight is 509 g/mol. The number of rotatable bonds is 9. The monoisotopic (exact) mass is 508 g/mol. The molecule has 0 atom stereocenters. The molecule has 0 radical (unpaired) electrons. The van der Waals surface area contributed by atoms with Crippen LogP contribution in [0.1, 0.15) is 5.56 Å². The van der Waals surface area contributed by atoms with Gasteiger partial charge in [-0.1, -0.05) is 47.5 Å². The highest BCUT2D eigenvalue weighted by Crippen LogP contribution is 2.29. The van der Waals surface area contributed by atoms with Gasteiger partial charge in [0.25, 0.3) is 0 Å². The van der Waals surface area contributed by atoms with Crippen molar-refractivity contribution in [1.29, 1.82) is 0 Å². The summed E-state index contributed by atoms with van der Waals surface area (Å²) in [5, 5.41) is 3.42. The van der Waals surface area contributed by atoms with Crippen LogP contribution < -0.4 is 14.8 Å². The quantitative estimate of drug-likeness (QED) is 0.446. The Morgan fingerprint density at radius 3 is 2.33 bits per heavy atom. The van der Waals surface area contributed by atoms with E-state index in [4.69, 9.17) is 32.7 Å². The fourth-order valence-corrected chi connectivity index (χ4v) is 4.92. The second-order valence-electron chi connectivity index (χ2n) is 6.94. The summed E-state index contributed by atoms with van der Waals surface area (Å²) in [6.07, 6.45) is 0. The van der Waals surface area contributed by atoms with Gasteiger partial charge in [0.1, 0.15) is 11.5 Å². The Labute approximate surface area is 202 Å². The number of methoxy groups -OCH3 is 2. The molecule has 0 aliphatic carbocycles. The molecule has 0 bridgehead atoms. The third-order valence-corrected chi connectivity index (χ3v) is 7.14. The molecule has 1 N–H and O–H groups in total. The molecule has 7 nitrogen and oxygen atoms in total. The van der Waals surface area contributed by atoms with Crippen LogP contribution >= 0.6 is 23.2 Å². The molecule has 3 rings (SSSR count). The van der Waals surface area contributed by atoms with Crippen LogP contribution in [0.3, 0.4) is 0 Å². The van der Waals surface area contributed by atoms with E-state index in [0.29, 0.717) is 32.8 Å². The molecule has 0 saturated carbocycles. The molecule has 0 aliphatic rings. The number of carbonyl (C=O) groups excluding carboxylic acids is 1. The van der Waals surface area contributed by atoms with E-state index in [1.807, 2.05) is 0 Å². The first kappa shape index (κ1) is 24.9. The zero-order valence-corrected chi connectivity index (χ0v) is 20.2.